The topological polar surface area (TPSA) is 56.1 Å². The number of carbonyl (C=O) groups excluding carboxylic acids is 1. The molecule has 1 aliphatic rings. The Kier molecular flexibility index (Phi) is 3.72. The number of ether oxygens (including phenoxy) is 1. The number of fused-ring (bicyclic) bond motifs is 1. The number of methoxy groups -OCH3 is 1. The first-order valence-electron chi connectivity index (χ1n) is 7.94. The summed E-state index contributed by atoms with van der Waals surface area (Å²) in [5, 5.41) is 7.34. The second-order valence-corrected chi connectivity index (χ2v) is 5.89. The van der Waals surface area contributed by atoms with Crippen LogP contribution >= 0.6 is 0 Å². The molecule has 126 valence electrons. The Labute approximate surface area is 144 Å². The molecular formula is C19H16FN3O2. The number of rotatable bonds is 3. The van der Waals surface area contributed by atoms with E-state index in [9.17, 15) is 9.18 Å². The van der Waals surface area contributed by atoms with Crippen molar-refractivity contribution in [2.75, 3.05) is 12.4 Å². The first-order chi connectivity index (χ1) is 12.2. The molecule has 0 unspecified atom stereocenters. The van der Waals surface area contributed by atoms with Crippen molar-refractivity contribution < 1.29 is 13.9 Å². The third-order valence-electron chi connectivity index (χ3n) is 4.40. The zero-order chi connectivity index (χ0) is 17.4. The zero-order valence-electron chi connectivity index (χ0n) is 13.6. The van der Waals surface area contributed by atoms with Crippen LogP contribution in [0.4, 0.5) is 10.2 Å². The Hall–Kier alpha value is -3.15. The summed E-state index contributed by atoms with van der Waals surface area (Å²) in [6, 6.07) is 14.3. The fourth-order valence-electron chi connectivity index (χ4n) is 3.18. The summed E-state index contributed by atoms with van der Waals surface area (Å²) in [4.78, 5) is 12.3. The third-order valence-corrected chi connectivity index (χ3v) is 4.40. The van der Waals surface area contributed by atoms with Gasteiger partial charge in [-0.1, -0.05) is 24.3 Å². The maximum atomic E-state index is 13.7. The van der Waals surface area contributed by atoms with Crippen LogP contribution in [-0.4, -0.2) is 22.8 Å². The summed E-state index contributed by atoms with van der Waals surface area (Å²) in [6.45, 7) is 0. The van der Waals surface area contributed by atoms with Gasteiger partial charge in [-0.15, -0.1) is 0 Å². The molecule has 1 amide bonds. The van der Waals surface area contributed by atoms with Crippen molar-refractivity contribution in [1.82, 2.24) is 9.78 Å². The third kappa shape index (κ3) is 2.65. The van der Waals surface area contributed by atoms with E-state index in [-0.39, 0.29) is 24.0 Å². The Morgan fingerprint density at radius 3 is 2.80 bits per heavy atom. The first kappa shape index (κ1) is 15.4. The van der Waals surface area contributed by atoms with Crippen LogP contribution in [0.3, 0.4) is 0 Å². The number of carbonyl (C=O) groups is 1. The number of hydrogen-bond acceptors (Lipinski definition) is 3. The van der Waals surface area contributed by atoms with Crippen molar-refractivity contribution in [2.24, 2.45) is 0 Å². The maximum Gasteiger partial charge on any atom is 0.226 e. The lowest BCUT2D eigenvalue weighted by Gasteiger charge is -2.24. The van der Waals surface area contributed by atoms with E-state index in [1.807, 2.05) is 30.3 Å². The zero-order valence-corrected chi connectivity index (χ0v) is 13.6. The minimum Gasteiger partial charge on any atom is -0.494 e. The number of benzene rings is 2. The molecule has 0 fully saturated rings. The molecule has 0 bridgehead atoms. The largest absolute Gasteiger partial charge is 0.494 e. The van der Waals surface area contributed by atoms with Crippen molar-refractivity contribution in [2.45, 2.75) is 12.3 Å². The molecule has 2 heterocycles. The van der Waals surface area contributed by atoms with Gasteiger partial charge in [-0.3, -0.25) is 4.79 Å². The number of anilines is 1. The molecule has 0 spiro atoms. The molecule has 6 heteroatoms. The van der Waals surface area contributed by atoms with E-state index in [2.05, 4.69) is 10.4 Å². The maximum absolute atomic E-state index is 13.7. The lowest BCUT2D eigenvalue weighted by Crippen LogP contribution is -2.24. The number of nitrogens with zero attached hydrogens (tertiary/aromatic N) is 2. The number of para-hydroxylation sites is 1. The normalized spacial score (nSPS) is 16.2. The lowest BCUT2D eigenvalue weighted by atomic mass is 9.87. The van der Waals surface area contributed by atoms with E-state index in [1.54, 1.807) is 23.0 Å². The quantitative estimate of drug-likeness (QED) is 0.796. The molecule has 2 aromatic carbocycles. The van der Waals surface area contributed by atoms with Crippen LogP contribution in [0, 0.1) is 5.82 Å². The second-order valence-electron chi connectivity index (χ2n) is 5.89. The number of aromatic nitrogens is 2. The standard InChI is InChI=1S/C19H16FN3O2/c1-25-17-9-12(7-8-16(17)20)14-10-18(24)22-19-15(14)11-21-23(19)13-5-3-2-4-6-13/h2-9,11,14H,10H2,1H3,(H,22,24)/t14-/m1/s1. The molecule has 0 saturated carbocycles. The average molecular weight is 337 g/mol. The SMILES string of the molecule is COc1cc([C@H]2CC(=O)Nc3c2cnn3-c2ccccc2)ccc1F. The molecule has 0 aliphatic carbocycles. The van der Waals surface area contributed by atoms with Crippen LogP contribution < -0.4 is 10.1 Å². The molecule has 4 rings (SSSR count). The fourth-order valence-corrected chi connectivity index (χ4v) is 3.18. The summed E-state index contributed by atoms with van der Waals surface area (Å²) >= 11 is 0. The molecule has 5 nitrogen and oxygen atoms in total. The Bertz CT molecular complexity index is 937. The van der Waals surface area contributed by atoms with Crippen molar-refractivity contribution in [1.29, 1.82) is 0 Å². The second kappa shape index (κ2) is 6.05. The number of nitrogens with one attached hydrogen (secondary N) is 1. The molecular weight excluding hydrogens is 321 g/mol. The molecule has 3 aromatic rings. The summed E-state index contributed by atoms with van der Waals surface area (Å²) < 4.78 is 20.5. The summed E-state index contributed by atoms with van der Waals surface area (Å²) in [5.74, 6) is 0.0946. The molecule has 0 saturated heterocycles. The van der Waals surface area contributed by atoms with Gasteiger partial charge in [0.15, 0.2) is 11.6 Å². The molecule has 1 atom stereocenters. The van der Waals surface area contributed by atoms with Gasteiger partial charge in [-0.2, -0.15) is 5.10 Å². The van der Waals surface area contributed by atoms with E-state index < -0.39 is 5.82 Å². The Balaban J connectivity index is 1.81. The predicted octanol–water partition coefficient (Wildman–Crippen LogP) is 3.49. The van der Waals surface area contributed by atoms with Gasteiger partial charge in [-0.25, -0.2) is 9.07 Å². The minimum absolute atomic E-state index is 0.0986. The Morgan fingerprint density at radius 1 is 1.24 bits per heavy atom. The highest BCUT2D eigenvalue weighted by molar-refractivity contribution is 5.94. The van der Waals surface area contributed by atoms with Gasteiger partial charge in [0, 0.05) is 17.9 Å². The molecule has 1 N–H and O–H groups in total. The smallest absolute Gasteiger partial charge is 0.226 e. The number of hydrogen-bond donors (Lipinski definition) is 1. The monoisotopic (exact) mass is 337 g/mol. The Morgan fingerprint density at radius 2 is 2.04 bits per heavy atom. The van der Waals surface area contributed by atoms with Crippen LogP contribution in [0.2, 0.25) is 0 Å². The van der Waals surface area contributed by atoms with E-state index in [1.165, 1.54) is 13.2 Å². The fraction of sp³-hybridized carbons (Fsp3) is 0.158. The highest BCUT2D eigenvalue weighted by atomic mass is 19.1. The van der Waals surface area contributed by atoms with E-state index >= 15 is 0 Å². The van der Waals surface area contributed by atoms with E-state index in [0.29, 0.717) is 5.82 Å². The molecule has 1 aromatic heterocycles. The van der Waals surface area contributed by atoms with Gasteiger partial charge >= 0.3 is 0 Å². The highest BCUT2D eigenvalue weighted by Gasteiger charge is 2.30. The first-order valence-corrected chi connectivity index (χ1v) is 7.94. The van der Waals surface area contributed by atoms with Crippen LogP contribution in [0.25, 0.3) is 5.69 Å². The highest BCUT2D eigenvalue weighted by Crippen LogP contribution is 2.39. The lowest BCUT2D eigenvalue weighted by molar-refractivity contribution is -0.116. The molecule has 1 aliphatic heterocycles. The van der Waals surface area contributed by atoms with Gasteiger partial charge in [0.25, 0.3) is 0 Å². The van der Waals surface area contributed by atoms with Gasteiger partial charge in [0.1, 0.15) is 5.82 Å². The van der Waals surface area contributed by atoms with Gasteiger partial charge in [-0.05, 0) is 29.8 Å². The average Bonchev–Trinajstić information content (AvgIpc) is 3.06. The minimum atomic E-state index is -0.424. The van der Waals surface area contributed by atoms with Gasteiger partial charge in [0.05, 0.1) is 19.0 Å². The number of amides is 1. The van der Waals surface area contributed by atoms with E-state index in [4.69, 9.17) is 4.74 Å². The molecule has 25 heavy (non-hydrogen) atoms. The summed E-state index contributed by atoms with van der Waals surface area (Å²) in [7, 11) is 1.43. The van der Waals surface area contributed by atoms with Gasteiger partial charge in [0.2, 0.25) is 5.91 Å². The summed E-state index contributed by atoms with van der Waals surface area (Å²) in [5.41, 5.74) is 2.58. The van der Waals surface area contributed by atoms with Crippen molar-refractivity contribution in [3.63, 3.8) is 0 Å². The van der Waals surface area contributed by atoms with E-state index in [0.717, 1.165) is 16.8 Å². The predicted molar refractivity (Wildman–Crippen MR) is 91.6 cm³/mol. The summed E-state index contributed by atoms with van der Waals surface area (Å²) in [6.07, 6.45) is 2.03. The van der Waals surface area contributed by atoms with Crippen molar-refractivity contribution in [3.8, 4) is 11.4 Å². The van der Waals surface area contributed by atoms with Crippen LogP contribution in [0.5, 0.6) is 5.75 Å². The van der Waals surface area contributed by atoms with Crippen molar-refractivity contribution >= 4 is 11.7 Å². The van der Waals surface area contributed by atoms with Crippen molar-refractivity contribution in [3.05, 3.63) is 71.7 Å². The van der Waals surface area contributed by atoms with Crippen LogP contribution in [-0.2, 0) is 4.79 Å². The van der Waals surface area contributed by atoms with Gasteiger partial charge < -0.3 is 10.1 Å². The van der Waals surface area contributed by atoms with Crippen LogP contribution in [0.1, 0.15) is 23.5 Å². The number of halogens is 1. The van der Waals surface area contributed by atoms with Crippen LogP contribution in [0.15, 0.2) is 54.7 Å². The molecule has 0 radical (unpaired) electrons.